The number of H-pyrrole nitrogens is 1. The third kappa shape index (κ3) is 15.2. The number of nitrogens with one attached hydrogen (secondary N) is 6. The molecule has 2 fully saturated rings. The van der Waals surface area contributed by atoms with Crippen LogP contribution in [-0.2, 0) is 80.5 Å². The van der Waals surface area contributed by atoms with E-state index in [2.05, 4.69) is 31.6 Å². The zero-order valence-corrected chi connectivity index (χ0v) is 48.1. The van der Waals surface area contributed by atoms with Crippen molar-refractivity contribution in [1.29, 1.82) is 0 Å². The predicted octanol–water partition coefficient (Wildman–Crippen LogP) is -3.29. The van der Waals surface area contributed by atoms with Crippen molar-refractivity contribution in [3.63, 3.8) is 0 Å². The number of imide groups is 1. The number of thioether (sulfide) groups is 1. The highest BCUT2D eigenvalue weighted by atomic mass is 32.2. The van der Waals surface area contributed by atoms with Crippen molar-refractivity contribution in [3.05, 3.63) is 35.4 Å². The Labute approximate surface area is 484 Å². The molecule has 27 nitrogen and oxygen atoms in total. The molecule has 5 aliphatic heterocycles. The van der Waals surface area contributed by atoms with E-state index in [1.54, 1.807) is 30.9 Å². The fraction of sp³-hybridized carbons (Fsp3) is 0.593. The lowest BCUT2D eigenvalue weighted by atomic mass is 9.85. The lowest BCUT2D eigenvalue weighted by molar-refractivity contribution is -0.144. The van der Waals surface area contributed by atoms with Crippen LogP contribution in [0.15, 0.2) is 29.3 Å². The summed E-state index contributed by atoms with van der Waals surface area (Å²) in [4.78, 5) is 172. The van der Waals surface area contributed by atoms with E-state index in [-0.39, 0.29) is 40.5 Å². The first-order valence-electron chi connectivity index (χ1n) is 27.5. The molecule has 0 radical (unpaired) electrons. The number of nitrogens with zero attached hydrogens (tertiary/aromatic N) is 3. The molecule has 7 rings (SSSR count). The van der Waals surface area contributed by atoms with Gasteiger partial charge in [0.25, 0.3) is 11.8 Å². The molecule has 1 aromatic carbocycles. The lowest BCUT2D eigenvalue weighted by Gasteiger charge is -2.32. The fourth-order valence-corrected chi connectivity index (χ4v) is 13.7. The lowest BCUT2D eigenvalue weighted by Crippen LogP contribution is -2.60. The largest absolute Gasteiger partial charge is 0.496 e. The van der Waals surface area contributed by atoms with E-state index in [1.165, 1.54) is 25.8 Å². The van der Waals surface area contributed by atoms with E-state index in [9.17, 15) is 72.9 Å². The summed E-state index contributed by atoms with van der Waals surface area (Å²) < 4.78 is 21.2. The molecule has 2 unspecified atom stereocenters. The Bertz CT molecular complexity index is 2950. The van der Waals surface area contributed by atoms with Crippen LogP contribution in [0.1, 0.15) is 76.8 Å². The van der Waals surface area contributed by atoms with E-state index in [1.807, 2.05) is 0 Å². The zero-order chi connectivity index (χ0) is 60.6. The van der Waals surface area contributed by atoms with Gasteiger partial charge in [0.1, 0.15) is 28.9 Å². The number of ether oxygens (including phenoxy) is 1. The van der Waals surface area contributed by atoms with E-state index in [0.29, 0.717) is 48.1 Å². The molecule has 0 saturated carbocycles. The van der Waals surface area contributed by atoms with E-state index in [0.717, 1.165) is 22.0 Å². The molecular weight excluding hydrogens is 1120 g/mol. The summed E-state index contributed by atoms with van der Waals surface area (Å²) in [5.41, 5.74) is 6.60. The van der Waals surface area contributed by atoms with Crippen LogP contribution in [0.2, 0.25) is 0 Å². The number of aliphatic hydroxyl groups is 3. The summed E-state index contributed by atoms with van der Waals surface area (Å²) in [5, 5.41) is 44.7. The monoisotopic (exact) mass is 1200 g/mol. The molecule has 83 heavy (non-hydrogen) atoms. The highest BCUT2D eigenvalue weighted by molar-refractivity contribution is 7.99. The maximum atomic E-state index is 15.4. The summed E-state index contributed by atoms with van der Waals surface area (Å²) in [5.74, 6) is -14.2. The molecule has 452 valence electrons. The molecule has 2 aromatic rings. The second-order valence-corrected chi connectivity index (χ2v) is 24.4. The van der Waals surface area contributed by atoms with Crippen LogP contribution in [0.3, 0.4) is 0 Å². The maximum Gasteiger partial charge on any atom is 0.253 e. The summed E-state index contributed by atoms with van der Waals surface area (Å²) in [6.07, 6.45) is -2.69. The van der Waals surface area contributed by atoms with Crippen molar-refractivity contribution in [3.8, 4) is 5.75 Å². The summed E-state index contributed by atoms with van der Waals surface area (Å²) >= 11 is 1.46. The molecule has 0 spiro atoms. The second-order valence-electron chi connectivity index (χ2n) is 21.7. The van der Waals surface area contributed by atoms with Gasteiger partial charge in [0.2, 0.25) is 47.3 Å². The number of nitrogens with two attached hydrogens (primary N) is 1. The fourth-order valence-electron chi connectivity index (χ4n) is 11.0. The number of carbonyl (C=O) groups excluding carboxylic acids is 12. The van der Waals surface area contributed by atoms with Crippen molar-refractivity contribution < 1.29 is 81.8 Å². The van der Waals surface area contributed by atoms with Gasteiger partial charge >= 0.3 is 0 Å². The number of Topliss-reactive ketones (excluding diaryl/α,β-unsaturated/α-hetero) is 2. The smallest absolute Gasteiger partial charge is 0.253 e. The van der Waals surface area contributed by atoms with Gasteiger partial charge in [0.05, 0.1) is 73.5 Å². The Morgan fingerprint density at radius 3 is 2.29 bits per heavy atom. The molecule has 0 aliphatic carbocycles. The predicted molar refractivity (Wildman–Crippen MR) is 296 cm³/mol. The average Bonchev–Trinajstić information content (AvgIpc) is 4.30. The molecule has 10 amide bonds. The van der Waals surface area contributed by atoms with Crippen molar-refractivity contribution in [2.45, 2.75) is 125 Å². The Balaban J connectivity index is 1.35. The molecular formula is C54H72N10O17S2. The maximum absolute atomic E-state index is 15.4. The van der Waals surface area contributed by atoms with E-state index >= 15 is 4.21 Å². The molecule has 2 saturated heterocycles. The number of aliphatic hydroxyl groups excluding tert-OH is 3. The molecule has 2 bridgehead atoms. The van der Waals surface area contributed by atoms with Gasteiger partial charge in [-0.15, -0.1) is 0 Å². The summed E-state index contributed by atoms with van der Waals surface area (Å²) in [6, 6.07) is -3.76. The molecule has 29 heteroatoms. The van der Waals surface area contributed by atoms with Crippen LogP contribution >= 0.6 is 11.8 Å². The number of hydrogen-bond donors (Lipinski definition) is 10. The van der Waals surface area contributed by atoms with Gasteiger partial charge < -0.3 is 67.2 Å². The Morgan fingerprint density at radius 1 is 0.904 bits per heavy atom. The topological polar surface area (TPSA) is 404 Å². The van der Waals surface area contributed by atoms with Crippen LogP contribution < -0.4 is 37.1 Å². The number of methoxy groups -OCH3 is 1. The van der Waals surface area contributed by atoms with Crippen LogP contribution in [0.4, 0.5) is 0 Å². The molecule has 1 aromatic heterocycles. The third-order valence-corrected chi connectivity index (χ3v) is 18.8. The minimum atomic E-state index is -2.44. The molecule has 11 N–H and O–H groups in total. The van der Waals surface area contributed by atoms with E-state index in [4.69, 9.17) is 10.5 Å². The SMILES string of the molecule is CC[C@H](C)[C@@H]1CC(=O)CNC(=O)[C@H]2CC(=O)[C@H]([C@@H](C)[C@@H](O)CO)NC(=O)[C@@H]3C[C@@H](O)CN3C(=O)[C@H](CC(N)=O)NC(=O)[C@H](CS(=O)c3[nH]c4c(CSC5CCN(C(=O)CCN6C(=O)C=CC6=O)C5)c(OC)ccc4c3C2)NC(=O)CNC1=O. The molecule has 5 aliphatic rings. The Morgan fingerprint density at radius 2 is 1.61 bits per heavy atom. The highest BCUT2D eigenvalue weighted by Crippen LogP contribution is 2.39. The Kier molecular flexibility index (Phi) is 21.4. The van der Waals surface area contributed by atoms with Crippen molar-refractivity contribution in [2.75, 3.05) is 58.7 Å². The number of likely N-dealkylation sites (tertiary alicyclic amines) is 1. The first-order chi connectivity index (χ1) is 39.4. The average molecular weight is 1200 g/mol. The quantitative estimate of drug-likeness (QED) is 0.0829. The third-order valence-electron chi connectivity index (χ3n) is 16.1. The van der Waals surface area contributed by atoms with Gasteiger partial charge in [0, 0.05) is 104 Å². The minimum absolute atomic E-state index is 0.0771. The van der Waals surface area contributed by atoms with Crippen LogP contribution in [0.25, 0.3) is 10.9 Å². The van der Waals surface area contributed by atoms with Gasteiger partial charge in [-0.05, 0) is 36.5 Å². The summed E-state index contributed by atoms with van der Waals surface area (Å²) in [6.45, 7) is 2.67. The van der Waals surface area contributed by atoms with Gasteiger partial charge in [0.15, 0.2) is 11.6 Å². The standard InChI is InChI=1S/C54H72N10O17S2/c1-5-26(2)33-16-29(66)19-56-49(75)28-14-34-32-6-7-41(81-4)35(24-82-31-10-12-62(22-31)44(72)11-13-63-45(73)8-9-46(63)74)48(32)61-53(34)83(80)25-37(58-43(71)20-57-50(33)76)51(77)59-36(18-42(55)70)54(79)64-21-30(67)17-38(64)52(78)60-47(39(68)15-28)27(3)40(69)23-65/h6-9,26-28,30-31,33,36-38,40,47,61,65,67,69H,5,10-25H2,1-4H3,(H2,55,70)(H,56,75)(H,57,76)(H,58,71)(H,59,77)(H,60,78)/t26-,27-,28+,30+,31?,33-,36-,37-,38-,40-,47-,83?/m0/s1. The van der Waals surface area contributed by atoms with Gasteiger partial charge in [-0.1, -0.05) is 27.2 Å². The van der Waals surface area contributed by atoms with Crippen molar-refractivity contribution in [2.24, 2.45) is 29.4 Å². The van der Waals surface area contributed by atoms with Crippen molar-refractivity contribution in [1.82, 2.24) is 46.3 Å². The number of hydrogen-bond acceptors (Lipinski definition) is 18. The van der Waals surface area contributed by atoms with Crippen LogP contribution in [0.5, 0.6) is 5.75 Å². The number of benzene rings is 1. The number of amides is 10. The number of fused-ring (bicyclic) bond motifs is 5. The first kappa shape index (κ1) is 63.5. The number of ketones is 2. The van der Waals surface area contributed by atoms with Gasteiger partial charge in [-0.3, -0.25) is 66.6 Å². The van der Waals surface area contributed by atoms with E-state index < -0.39 is 200 Å². The second kappa shape index (κ2) is 28.0. The highest BCUT2D eigenvalue weighted by Gasteiger charge is 2.45. The first-order valence-corrected chi connectivity index (χ1v) is 29.9. The van der Waals surface area contributed by atoms with Gasteiger partial charge in [-0.25, -0.2) is 0 Å². The van der Waals surface area contributed by atoms with Crippen LogP contribution in [-0.4, -0.2) is 210 Å². The molecule has 12 atom stereocenters. The summed E-state index contributed by atoms with van der Waals surface area (Å²) in [7, 11) is -1.01. The number of carbonyl (C=O) groups is 12. The molecule has 6 heterocycles. The minimum Gasteiger partial charge on any atom is -0.496 e. The number of aromatic nitrogens is 1. The number of aromatic amines is 1. The normalized spacial score (nSPS) is 27.6. The van der Waals surface area contributed by atoms with Gasteiger partial charge in [-0.2, -0.15) is 11.8 Å². The number of rotatable bonds is 14. The van der Waals surface area contributed by atoms with Crippen LogP contribution in [0, 0.1) is 23.7 Å². The number of primary amides is 1. The zero-order valence-electron chi connectivity index (χ0n) is 46.5. The Hall–Kier alpha value is -7.08. The van der Waals surface area contributed by atoms with Crippen molar-refractivity contribution >= 4 is 104 Å².